The second-order valence-electron chi connectivity index (χ2n) is 11.8. The van der Waals surface area contributed by atoms with E-state index in [0.29, 0.717) is 11.5 Å². The Labute approximate surface area is 256 Å². The first-order valence-corrected chi connectivity index (χ1v) is 15.1. The summed E-state index contributed by atoms with van der Waals surface area (Å²) in [7, 11) is 2.03. The SMILES string of the molecule is CC(=O)Nc1ccc(C2=C3C=CC(N4C=C(CC5CCCCC5)NN4)=[N+]3[B]n3c(NCc4cc(F)cc(F)c4)ccc32)cc1. The lowest BCUT2D eigenvalue weighted by Crippen LogP contribution is -2.44. The summed E-state index contributed by atoms with van der Waals surface area (Å²) in [5, 5.41) is 8.20. The number of hydrogen-bond donors (Lipinski definition) is 4. The molecule has 3 aromatic rings. The van der Waals surface area contributed by atoms with Gasteiger partial charge in [-0.1, -0.05) is 49.8 Å². The molecule has 0 bridgehead atoms. The lowest BCUT2D eigenvalue weighted by atomic mass is 9.86. The van der Waals surface area contributed by atoms with Crippen molar-refractivity contribution in [1.29, 1.82) is 0 Å². The number of fused-ring (bicyclic) bond motifs is 2. The number of halogens is 2. The number of anilines is 2. The van der Waals surface area contributed by atoms with Gasteiger partial charge in [-0.3, -0.25) is 14.7 Å². The Balaban J connectivity index is 1.23. The molecule has 11 heteroatoms. The van der Waals surface area contributed by atoms with Crippen molar-refractivity contribution in [1.82, 2.24) is 20.4 Å². The number of amidine groups is 1. The van der Waals surface area contributed by atoms with Crippen molar-refractivity contribution in [3.8, 4) is 0 Å². The van der Waals surface area contributed by atoms with Crippen LogP contribution in [0, 0.1) is 17.6 Å². The van der Waals surface area contributed by atoms with Crippen molar-refractivity contribution < 1.29 is 18.1 Å². The third kappa shape index (κ3) is 5.67. The van der Waals surface area contributed by atoms with E-state index in [4.69, 9.17) is 0 Å². The maximum atomic E-state index is 13.9. The third-order valence-electron chi connectivity index (χ3n) is 8.55. The molecule has 44 heavy (non-hydrogen) atoms. The fraction of sp³-hybridized carbons (Fsp3) is 0.273. The number of allylic oxidation sites excluding steroid dienone is 2. The second kappa shape index (κ2) is 11.8. The molecule has 1 radical (unpaired) electrons. The van der Waals surface area contributed by atoms with Gasteiger partial charge in [-0.15, -0.1) is 5.01 Å². The molecule has 4 heterocycles. The van der Waals surface area contributed by atoms with E-state index in [1.807, 2.05) is 49.0 Å². The van der Waals surface area contributed by atoms with Gasteiger partial charge in [-0.2, -0.15) is 0 Å². The minimum absolute atomic E-state index is 0.124. The summed E-state index contributed by atoms with van der Waals surface area (Å²) in [5.74, 6) is 1.09. The minimum atomic E-state index is -0.604. The summed E-state index contributed by atoms with van der Waals surface area (Å²) in [6, 6.07) is 15.3. The van der Waals surface area contributed by atoms with Crippen LogP contribution >= 0.6 is 0 Å². The van der Waals surface area contributed by atoms with Gasteiger partial charge in [-0.25, -0.2) is 8.78 Å². The number of amides is 1. The van der Waals surface area contributed by atoms with Crippen LogP contribution in [0.3, 0.4) is 0 Å². The topological polar surface area (TPSA) is 76.4 Å². The van der Waals surface area contributed by atoms with Crippen LogP contribution in [0.4, 0.5) is 20.3 Å². The number of rotatable bonds is 7. The van der Waals surface area contributed by atoms with Crippen LogP contribution in [0.1, 0.15) is 62.3 Å². The maximum Gasteiger partial charge on any atom is 0.553 e. The summed E-state index contributed by atoms with van der Waals surface area (Å²) in [6.07, 6.45) is 13.9. The van der Waals surface area contributed by atoms with E-state index in [0.717, 1.165) is 52.4 Å². The molecule has 0 spiro atoms. The van der Waals surface area contributed by atoms with Crippen molar-refractivity contribution in [2.24, 2.45) is 5.92 Å². The van der Waals surface area contributed by atoms with Crippen molar-refractivity contribution in [3.63, 3.8) is 0 Å². The van der Waals surface area contributed by atoms with E-state index < -0.39 is 11.6 Å². The maximum absolute atomic E-state index is 13.9. The highest BCUT2D eigenvalue weighted by atomic mass is 19.1. The highest BCUT2D eigenvalue weighted by Gasteiger charge is 2.38. The largest absolute Gasteiger partial charge is 0.553 e. The molecule has 1 aromatic heterocycles. The number of aromatic nitrogens is 1. The van der Waals surface area contributed by atoms with Crippen LogP contribution in [0.5, 0.6) is 0 Å². The molecule has 3 aliphatic heterocycles. The van der Waals surface area contributed by atoms with Gasteiger partial charge in [0.25, 0.3) is 5.84 Å². The lowest BCUT2D eigenvalue weighted by molar-refractivity contribution is -0.320. The number of nitrogens with zero attached hydrogens (tertiary/aromatic N) is 3. The van der Waals surface area contributed by atoms with Crippen molar-refractivity contribution in [3.05, 3.63) is 113 Å². The molecule has 223 valence electrons. The Morgan fingerprint density at radius 1 is 1.02 bits per heavy atom. The van der Waals surface area contributed by atoms with E-state index in [1.54, 1.807) is 0 Å². The molecule has 1 fully saturated rings. The number of hydrogen-bond acceptors (Lipinski definition) is 5. The Morgan fingerprint density at radius 3 is 2.55 bits per heavy atom. The number of hydrazine groups is 2. The first-order chi connectivity index (χ1) is 21.4. The molecule has 1 saturated carbocycles. The third-order valence-corrected chi connectivity index (χ3v) is 8.55. The number of carbonyl (C=O) groups excluding carboxylic acids is 1. The van der Waals surface area contributed by atoms with Crippen LogP contribution in [-0.2, 0) is 11.3 Å². The van der Waals surface area contributed by atoms with Crippen LogP contribution in [0.15, 0.2) is 84.3 Å². The Kier molecular flexibility index (Phi) is 7.55. The Morgan fingerprint density at radius 2 is 1.80 bits per heavy atom. The van der Waals surface area contributed by atoms with E-state index in [2.05, 4.69) is 48.9 Å². The van der Waals surface area contributed by atoms with Gasteiger partial charge >= 0.3 is 7.55 Å². The average Bonchev–Trinajstić information content (AvgIpc) is 3.74. The number of carbonyl (C=O) groups is 1. The van der Waals surface area contributed by atoms with Crippen LogP contribution in [0.25, 0.3) is 5.57 Å². The van der Waals surface area contributed by atoms with Gasteiger partial charge in [0.15, 0.2) is 0 Å². The monoisotopic (exact) mass is 593 g/mol. The standard InChI is InChI=1S/C33H34BF2N7O/c1-21(44)38-27-9-7-24(8-10-27)33-29-11-13-31(37-19-23-15-25(35)18-26(36)16-23)42(29)34-43-30(33)12-14-32(43)41-20-28(39-40-41)17-22-5-3-2-4-6-22/h7-16,18,20,22,37,39-40H,2-6,17,19H2,1H3,(H,38,44)/q+1. The van der Waals surface area contributed by atoms with Gasteiger partial charge in [0.2, 0.25) is 5.91 Å². The molecule has 0 saturated heterocycles. The minimum Gasteiger partial charge on any atom is -0.368 e. The van der Waals surface area contributed by atoms with Crippen LogP contribution < -0.4 is 21.6 Å². The molecular formula is C33H34BF2N7O+. The number of benzene rings is 2. The predicted octanol–water partition coefficient (Wildman–Crippen LogP) is 5.61. The van der Waals surface area contributed by atoms with Gasteiger partial charge in [0.1, 0.15) is 23.5 Å². The van der Waals surface area contributed by atoms with Gasteiger partial charge in [0.05, 0.1) is 11.5 Å². The van der Waals surface area contributed by atoms with Crippen LogP contribution in [0.2, 0.25) is 0 Å². The average molecular weight is 593 g/mol. The molecule has 2 aromatic carbocycles. The molecular weight excluding hydrogens is 559 g/mol. The molecule has 1 aliphatic carbocycles. The molecule has 0 unspecified atom stereocenters. The highest BCUT2D eigenvalue weighted by Crippen LogP contribution is 2.36. The second-order valence-corrected chi connectivity index (χ2v) is 11.8. The first-order valence-electron chi connectivity index (χ1n) is 15.1. The quantitative estimate of drug-likeness (QED) is 0.268. The summed E-state index contributed by atoms with van der Waals surface area (Å²) in [5.41, 5.74) is 13.1. The summed E-state index contributed by atoms with van der Waals surface area (Å²) in [4.78, 5) is 11.6. The van der Waals surface area contributed by atoms with Gasteiger partial charge in [0, 0.05) is 42.6 Å². The van der Waals surface area contributed by atoms with Crippen LogP contribution in [-0.4, -0.2) is 33.3 Å². The zero-order chi connectivity index (χ0) is 30.2. The fourth-order valence-electron chi connectivity index (χ4n) is 6.53. The molecule has 4 aliphatic rings. The predicted molar refractivity (Wildman–Crippen MR) is 168 cm³/mol. The van der Waals surface area contributed by atoms with E-state index in [-0.39, 0.29) is 12.5 Å². The molecule has 1 amide bonds. The summed E-state index contributed by atoms with van der Waals surface area (Å²) in [6.45, 7) is 1.74. The van der Waals surface area contributed by atoms with Crippen molar-refractivity contribution in [2.45, 2.75) is 52.0 Å². The van der Waals surface area contributed by atoms with Crippen molar-refractivity contribution >= 4 is 36.4 Å². The van der Waals surface area contributed by atoms with Gasteiger partial charge < -0.3 is 15.1 Å². The zero-order valence-electron chi connectivity index (χ0n) is 24.5. The lowest BCUT2D eigenvalue weighted by Gasteiger charge is -2.23. The van der Waals surface area contributed by atoms with E-state index >= 15 is 0 Å². The van der Waals surface area contributed by atoms with Crippen molar-refractivity contribution in [2.75, 3.05) is 10.6 Å². The highest BCUT2D eigenvalue weighted by molar-refractivity contribution is 6.30. The summed E-state index contributed by atoms with van der Waals surface area (Å²) < 4.78 is 31.9. The molecule has 8 nitrogen and oxygen atoms in total. The molecule has 0 atom stereocenters. The smallest absolute Gasteiger partial charge is 0.368 e. The number of nitrogens with one attached hydrogen (secondary N) is 4. The summed E-state index contributed by atoms with van der Waals surface area (Å²) >= 11 is 0. The Bertz CT molecular complexity index is 1710. The van der Waals surface area contributed by atoms with E-state index in [9.17, 15) is 13.6 Å². The Hall–Kier alpha value is -4.64. The zero-order valence-corrected chi connectivity index (χ0v) is 24.5. The molecule has 7 rings (SSSR count). The molecule has 4 N–H and O–H groups in total. The van der Waals surface area contributed by atoms with Gasteiger partial charge in [-0.05, 0) is 65.9 Å². The normalized spacial score (nSPS) is 17.7. The van der Waals surface area contributed by atoms with E-state index in [1.165, 1.54) is 56.9 Å². The first kappa shape index (κ1) is 28.2. The fourth-order valence-corrected chi connectivity index (χ4v) is 6.53.